The number of amides is 2. The van der Waals surface area contributed by atoms with Crippen molar-refractivity contribution in [3.63, 3.8) is 0 Å². The second-order valence-corrected chi connectivity index (χ2v) is 5.51. The molecule has 0 saturated carbocycles. The fourth-order valence-corrected chi connectivity index (χ4v) is 2.34. The molecule has 2 aromatic carbocycles. The van der Waals surface area contributed by atoms with Crippen molar-refractivity contribution in [2.75, 3.05) is 19.0 Å². The van der Waals surface area contributed by atoms with Gasteiger partial charge in [-0.15, -0.1) is 0 Å². The monoisotopic (exact) mass is 368 g/mol. The molecule has 1 aromatic heterocycles. The molecule has 0 spiro atoms. The van der Waals surface area contributed by atoms with Crippen molar-refractivity contribution in [3.05, 3.63) is 54.4 Å². The van der Waals surface area contributed by atoms with Crippen LogP contribution >= 0.6 is 0 Å². The van der Waals surface area contributed by atoms with Crippen LogP contribution in [0.5, 0.6) is 11.5 Å². The molecule has 0 saturated heterocycles. The van der Waals surface area contributed by atoms with Gasteiger partial charge in [0.2, 0.25) is 11.7 Å². The number of nitrogens with zero attached hydrogens (tertiary/aromatic N) is 2. The lowest BCUT2D eigenvalue weighted by Crippen LogP contribution is -2.28. The van der Waals surface area contributed by atoms with Crippen molar-refractivity contribution in [1.29, 1.82) is 0 Å². The number of carbonyl (C=O) groups excluding carboxylic acids is 1. The molecule has 8 nitrogen and oxygen atoms in total. The van der Waals surface area contributed by atoms with E-state index in [2.05, 4.69) is 20.8 Å². The second kappa shape index (κ2) is 8.70. The number of hydrogen-bond acceptors (Lipinski definition) is 6. The molecule has 2 N–H and O–H groups in total. The summed E-state index contributed by atoms with van der Waals surface area (Å²) in [6.07, 6.45) is 0. The van der Waals surface area contributed by atoms with Gasteiger partial charge in [-0.05, 0) is 43.3 Å². The van der Waals surface area contributed by atoms with E-state index in [9.17, 15) is 4.79 Å². The molecule has 0 aliphatic carbocycles. The molecule has 0 atom stereocenters. The fourth-order valence-electron chi connectivity index (χ4n) is 2.34. The first-order valence-corrected chi connectivity index (χ1v) is 8.42. The van der Waals surface area contributed by atoms with Gasteiger partial charge in [-0.2, -0.15) is 4.98 Å². The van der Waals surface area contributed by atoms with Crippen LogP contribution in [0.3, 0.4) is 0 Å². The third-order valence-corrected chi connectivity index (χ3v) is 3.62. The van der Waals surface area contributed by atoms with Gasteiger partial charge in [-0.1, -0.05) is 11.2 Å². The maximum Gasteiger partial charge on any atom is 0.319 e. The molecule has 0 fully saturated rings. The van der Waals surface area contributed by atoms with E-state index in [1.165, 1.54) is 0 Å². The molecule has 2 amide bonds. The first kappa shape index (κ1) is 18.2. The Kier molecular flexibility index (Phi) is 5.88. The lowest BCUT2D eigenvalue weighted by molar-refractivity contribution is 0.249. The van der Waals surface area contributed by atoms with Gasteiger partial charge in [0.15, 0.2) is 0 Å². The van der Waals surface area contributed by atoms with Crippen molar-refractivity contribution < 1.29 is 18.8 Å². The Balaban J connectivity index is 1.55. The SMILES string of the molecule is CCOc1ccc(-c2noc(CNC(=O)Nc3cccc(OC)c3)n2)cc1. The molecular formula is C19H20N4O4. The molecule has 0 radical (unpaired) electrons. The second-order valence-electron chi connectivity index (χ2n) is 5.51. The number of ether oxygens (including phenoxy) is 2. The van der Waals surface area contributed by atoms with E-state index in [0.29, 0.717) is 29.8 Å². The van der Waals surface area contributed by atoms with Crippen LogP contribution in [-0.2, 0) is 6.54 Å². The summed E-state index contributed by atoms with van der Waals surface area (Å²) in [7, 11) is 1.57. The number of benzene rings is 2. The molecule has 0 unspecified atom stereocenters. The predicted molar refractivity (Wildman–Crippen MR) is 99.8 cm³/mol. The highest BCUT2D eigenvalue weighted by molar-refractivity contribution is 5.89. The highest BCUT2D eigenvalue weighted by Gasteiger charge is 2.10. The first-order valence-electron chi connectivity index (χ1n) is 8.42. The van der Waals surface area contributed by atoms with Crippen LogP contribution in [0, 0.1) is 0 Å². The summed E-state index contributed by atoms with van der Waals surface area (Å²) in [4.78, 5) is 16.3. The Morgan fingerprint density at radius 2 is 1.96 bits per heavy atom. The number of rotatable bonds is 7. The average Bonchev–Trinajstić information content (AvgIpc) is 3.16. The summed E-state index contributed by atoms with van der Waals surface area (Å²) in [6.45, 7) is 2.64. The molecule has 0 bridgehead atoms. The number of aromatic nitrogens is 2. The predicted octanol–water partition coefficient (Wildman–Crippen LogP) is 3.47. The Bertz CT molecular complexity index is 893. The molecule has 3 rings (SSSR count). The van der Waals surface area contributed by atoms with Gasteiger partial charge in [0, 0.05) is 17.3 Å². The molecule has 0 aliphatic heterocycles. The number of urea groups is 1. The van der Waals surface area contributed by atoms with E-state index in [0.717, 1.165) is 11.3 Å². The molecule has 140 valence electrons. The number of nitrogens with one attached hydrogen (secondary N) is 2. The topological polar surface area (TPSA) is 98.5 Å². The third kappa shape index (κ3) is 4.97. The largest absolute Gasteiger partial charge is 0.497 e. The quantitative estimate of drug-likeness (QED) is 0.663. The summed E-state index contributed by atoms with van der Waals surface area (Å²) in [6, 6.07) is 14.1. The van der Waals surface area contributed by atoms with Crippen molar-refractivity contribution in [2.24, 2.45) is 0 Å². The Labute approximate surface area is 156 Å². The lowest BCUT2D eigenvalue weighted by Gasteiger charge is -2.07. The zero-order valence-electron chi connectivity index (χ0n) is 15.1. The summed E-state index contributed by atoms with van der Waals surface area (Å²) in [5, 5.41) is 9.31. The normalized spacial score (nSPS) is 10.3. The molecular weight excluding hydrogens is 348 g/mol. The summed E-state index contributed by atoms with van der Waals surface area (Å²) >= 11 is 0. The zero-order chi connectivity index (χ0) is 19.1. The van der Waals surface area contributed by atoms with Crippen LogP contribution in [-0.4, -0.2) is 29.9 Å². The van der Waals surface area contributed by atoms with Crippen molar-refractivity contribution in [2.45, 2.75) is 13.5 Å². The van der Waals surface area contributed by atoms with E-state index in [-0.39, 0.29) is 12.6 Å². The summed E-state index contributed by atoms with van der Waals surface area (Å²) < 4.78 is 15.7. The average molecular weight is 368 g/mol. The molecule has 1 heterocycles. The minimum atomic E-state index is -0.385. The van der Waals surface area contributed by atoms with Crippen LogP contribution in [0.2, 0.25) is 0 Å². The standard InChI is InChI=1S/C19H20N4O4/c1-3-26-15-9-7-13(8-10-15)18-22-17(27-23-18)12-20-19(24)21-14-5-4-6-16(11-14)25-2/h4-11H,3,12H2,1-2H3,(H2,20,21,24). The molecule has 8 heteroatoms. The van der Waals surface area contributed by atoms with E-state index in [1.807, 2.05) is 31.2 Å². The minimum Gasteiger partial charge on any atom is -0.497 e. The van der Waals surface area contributed by atoms with Gasteiger partial charge in [0.1, 0.15) is 11.5 Å². The van der Waals surface area contributed by atoms with E-state index in [4.69, 9.17) is 14.0 Å². The highest BCUT2D eigenvalue weighted by Crippen LogP contribution is 2.20. The first-order chi connectivity index (χ1) is 13.2. The van der Waals surface area contributed by atoms with Crippen LogP contribution < -0.4 is 20.1 Å². The Morgan fingerprint density at radius 1 is 1.15 bits per heavy atom. The van der Waals surface area contributed by atoms with Crippen molar-refractivity contribution in [1.82, 2.24) is 15.5 Å². The van der Waals surface area contributed by atoms with Crippen LogP contribution in [0.4, 0.5) is 10.5 Å². The van der Waals surface area contributed by atoms with Crippen molar-refractivity contribution >= 4 is 11.7 Å². The van der Waals surface area contributed by atoms with E-state index >= 15 is 0 Å². The van der Waals surface area contributed by atoms with Gasteiger partial charge in [-0.3, -0.25) is 0 Å². The van der Waals surface area contributed by atoms with E-state index < -0.39 is 0 Å². The van der Waals surface area contributed by atoms with Crippen molar-refractivity contribution in [3.8, 4) is 22.9 Å². The van der Waals surface area contributed by atoms with Gasteiger partial charge in [0.05, 0.1) is 20.3 Å². The van der Waals surface area contributed by atoms with Gasteiger partial charge >= 0.3 is 6.03 Å². The van der Waals surface area contributed by atoms with Crippen LogP contribution in [0.1, 0.15) is 12.8 Å². The van der Waals surface area contributed by atoms with Gasteiger partial charge in [-0.25, -0.2) is 4.79 Å². The minimum absolute atomic E-state index is 0.111. The zero-order valence-corrected chi connectivity index (χ0v) is 15.1. The third-order valence-electron chi connectivity index (χ3n) is 3.62. The molecule has 3 aromatic rings. The maximum atomic E-state index is 12.0. The smallest absolute Gasteiger partial charge is 0.319 e. The summed E-state index contributed by atoms with van der Waals surface area (Å²) in [5.74, 6) is 2.19. The Hall–Kier alpha value is -3.55. The molecule has 0 aliphatic rings. The highest BCUT2D eigenvalue weighted by atomic mass is 16.5. The van der Waals surface area contributed by atoms with E-state index in [1.54, 1.807) is 31.4 Å². The lowest BCUT2D eigenvalue weighted by atomic mass is 10.2. The van der Waals surface area contributed by atoms with Crippen LogP contribution in [0.15, 0.2) is 53.1 Å². The maximum absolute atomic E-state index is 12.0. The Morgan fingerprint density at radius 3 is 2.70 bits per heavy atom. The van der Waals surface area contributed by atoms with Gasteiger partial charge in [0.25, 0.3) is 0 Å². The number of anilines is 1. The fraction of sp³-hybridized carbons (Fsp3) is 0.211. The van der Waals surface area contributed by atoms with Crippen LogP contribution in [0.25, 0.3) is 11.4 Å². The summed E-state index contributed by atoms with van der Waals surface area (Å²) in [5.41, 5.74) is 1.42. The number of methoxy groups -OCH3 is 1. The number of carbonyl (C=O) groups is 1. The molecule has 27 heavy (non-hydrogen) atoms. The number of hydrogen-bond donors (Lipinski definition) is 2. The van der Waals surface area contributed by atoms with Gasteiger partial charge < -0.3 is 24.6 Å².